The van der Waals surface area contributed by atoms with Crippen LogP contribution in [0, 0.1) is 0 Å². The SMILES string of the molecule is CCCNc1ccc(Cl)c(CN(CC(N)=O)C(C)C)n1. The van der Waals surface area contributed by atoms with E-state index in [4.69, 9.17) is 17.3 Å². The molecule has 5 nitrogen and oxygen atoms in total. The van der Waals surface area contributed by atoms with Crippen molar-refractivity contribution >= 4 is 23.3 Å². The van der Waals surface area contributed by atoms with Gasteiger partial charge in [-0.25, -0.2) is 4.98 Å². The lowest BCUT2D eigenvalue weighted by molar-refractivity contribution is -0.119. The molecule has 1 rings (SSSR count). The number of nitrogens with two attached hydrogens (primary N) is 1. The molecular weight excluding hydrogens is 276 g/mol. The van der Waals surface area contributed by atoms with E-state index in [1.165, 1.54) is 0 Å². The number of carbonyl (C=O) groups excluding carboxylic acids is 1. The second-order valence-electron chi connectivity index (χ2n) is 5.02. The number of amides is 1. The van der Waals surface area contributed by atoms with E-state index in [1.807, 2.05) is 30.9 Å². The Labute approximate surface area is 125 Å². The summed E-state index contributed by atoms with van der Waals surface area (Å²) in [4.78, 5) is 17.6. The number of hydrogen-bond acceptors (Lipinski definition) is 4. The van der Waals surface area contributed by atoms with Gasteiger partial charge in [0.2, 0.25) is 5.91 Å². The Morgan fingerprint density at radius 1 is 1.50 bits per heavy atom. The van der Waals surface area contributed by atoms with E-state index in [0.29, 0.717) is 11.6 Å². The molecule has 0 saturated carbocycles. The molecule has 0 bridgehead atoms. The highest BCUT2D eigenvalue weighted by Crippen LogP contribution is 2.19. The fourth-order valence-electron chi connectivity index (χ4n) is 1.76. The summed E-state index contributed by atoms with van der Waals surface area (Å²) in [6.07, 6.45) is 1.03. The zero-order valence-electron chi connectivity index (χ0n) is 12.3. The summed E-state index contributed by atoms with van der Waals surface area (Å²) in [6.45, 7) is 7.68. The number of rotatable bonds is 8. The second-order valence-corrected chi connectivity index (χ2v) is 5.42. The number of aromatic nitrogens is 1. The van der Waals surface area contributed by atoms with E-state index in [1.54, 1.807) is 0 Å². The fraction of sp³-hybridized carbons (Fsp3) is 0.571. The molecule has 0 aliphatic rings. The topological polar surface area (TPSA) is 71.2 Å². The molecule has 0 unspecified atom stereocenters. The maximum absolute atomic E-state index is 11.1. The van der Waals surface area contributed by atoms with Crippen molar-refractivity contribution < 1.29 is 4.79 Å². The third kappa shape index (κ3) is 5.35. The summed E-state index contributed by atoms with van der Waals surface area (Å²) >= 11 is 6.18. The standard InChI is InChI=1S/C14H23ClN4O/c1-4-7-17-14-6-5-11(15)12(18-14)8-19(10(2)3)9-13(16)20/h5-6,10H,4,7-9H2,1-3H3,(H2,16,20)(H,17,18). The van der Waals surface area contributed by atoms with Crippen molar-refractivity contribution in [3.05, 3.63) is 22.8 Å². The van der Waals surface area contributed by atoms with Gasteiger partial charge in [0, 0.05) is 19.1 Å². The van der Waals surface area contributed by atoms with Gasteiger partial charge in [-0.05, 0) is 32.4 Å². The van der Waals surface area contributed by atoms with Gasteiger partial charge in [0.05, 0.1) is 17.3 Å². The van der Waals surface area contributed by atoms with Gasteiger partial charge >= 0.3 is 0 Å². The van der Waals surface area contributed by atoms with Crippen LogP contribution in [0.2, 0.25) is 5.02 Å². The monoisotopic (exact) mass is 298 g/mol. The minimum atomic E-state index is -0.352. The van der Waals surface area contributed by atoms with Crippen LogP contribution in [0.25, 0.3) is 0 Å². The van der Waals surface area contributed by atoms with Gasteiger partial charge in [-0.3, -0.25) is 9.69 Å². The smallest absolute Gasteiger partial charge is 0.231 e. The molecule has 0 radical (unpaired) electrons. The number of anilines is 1. The number of halogens is 1. The number of carbonyl (C=O) groups is 1. The van der Waals surface area contributed by atoms with Gasteiger partial charge in [0.1, 0.15) is 5.82 Å². The third-order valence-corrected chi connectivity index (χ3v) is 3.26. The summed E-state index contributed by atoms with van der Waals surface area (Å²) in [7, 11) is 0. The first kappa shape index (κ1) is 16.7. The largest absolute Gasteiger partial charge is 0.370 e. The molecule has 20 heavy (non-hydrogen) atoms. The van der Waals surface area contributed by atoms with Crippen molar-refractivity contribution in [3.63, 3.8) is 0 Å². The summed E-state index contributed by atoms with van der Waals surface area (Å²) < 4.78 is 0. The van der Waals surface area contributed by atoms with Crippen molar-refractivity contribution in [2.75, 3.05) is 18.4 Å². The predicted octanol–water partition coefficient (Wildman–Crippen LogP) is 2.25. The first-order valence-corrected chi connectivity index (χ1v) is 7.23. The van der Waals surface area contributed by atoms with Crippen LogP contribution in [0.15, 0.2) is 12.1 Å². The molecule has 0 aromatic carbocycles. The molecular formula is C14H23ClN4O. The van der Waals surface area contributed by atoms with Crippen molar-refractivity contribution in [1.82, 2.24) is 9.88 Å². The highest BCUT2D eigenvalue weighted by Gasteiger charge is 2.15. The highest BCUT2D eigenvalue weighted by molar-refractivity contribution is 6.31. The Bertz CT molecular complexity index is 451. The zero-order chi connectivity index (χ0) is 15.1. The van der Waals surface area contributed by atoms with Gasteiger partial charge < -0.3 is 11.1 Å². The average Bonchev–Trinajstić information content (AvgIpc) is 2.38. The van der Waals surface area contributed by atoms with Gasteiger partial charge in [-0.2, -0.15) is 0 Å². The second kappa shape index (κ2) is 8.07. The van der Waals surface area contributed by atoms with Crippen LogP contribution in [0.4, 0.5) is 5.82 Å². The molecule has 0 aliphatic heterocycles. The molecule has 0 atom stereocenters. The number of pyridine rings is 1. The Hall–Kier alpha value is -1.33. The van der Waals surface area contributed by atoms with Gasteiger partial charge in [-0.1, -0.05) is 18.5 Å². The Morgan fingerprint density at radius 3 is 2.75 bits per heavy atom. The Morgan fingerprint density at radius 2 is 2.20 bits per heavy atom. The molecule has 0 spiro atoms. The maximum Gasteiger partial charge on any atom is 0.231 e. The number of nitrogens with zero attached hydrogens (tertiary/aromatic N) is 2. The normalized spacial score (nSPS) is 11.1. The molecule has 1 aromatic rings. The molecule has 3 N–H and O–H groups in total. The van der Waals surface area contributed by atoms with Gasteiger partial charge in [0.15, 0.2) is 0 Å². The zero-order valence-corrected chi connectivity index (χ0v) is 13.1. The quantitative estimate of drug-likeness (QED) is 0.772. The first-order chi connectivity index (χ1) is 9.43. The van der Waals surface area contributed by atoms with E-state index in [0.717, 1.165) is 24.5 Å². The molecule has 0 saturated heterocycles. The lowest BCUT2D eigenvalue weighted by atomic mass is 10.2. The number of hydrogen-bond donors (Lipinski definition) is 2. The van der Waals surface area contributed by atoms with E-state index in [-0.39, 0.29) is 18.5 Å². The lowest BCUT2D eigenvalue weighted by Crippen LogP contribution is -2.38. The molecule has 1 amide bonds. The first-order valence-electron chi connectivity index (χ1n) is 6.85. The van der Waals surface area contributed by atoms with E-state index in [2.05, 4.69) is 17.2 Å². The molecule has 1 heterocycles. The minimum absolute atomic E-state index is 0.188. The van der Waals surface area contributed by atoms with Crippen LogP contribution >= 0.6 is 11.6 Å². The molecule has 0 fully saturated rings. The lowest BCUT2D eigenvalue weighted by Gasteiger charge is -2.25. The summed E-state index contributed by atoms with van der Waals surface area (Å²) in [5.41, 5.74) is 6.02. The van der Waals surface area contributed by atoms with Crippen LogP contribution in [-0.2, 0) is 11.3 Å². The van der Waals surface area contributed by atoms with E-state index in [9.17, 15) is 4.79 Å². The van der Waals surface area contributed by atoms with Crippen LogP contribution in [0.1, 0.15) is 32.9 Å². The Balaban J connectivity index is 2.84. The van der Waals surface area contributed by atoms with Crippen molar-refractivity contribution in [1.29, 1.82) is 0 Å². The van der Waals surface area contributed by atoms with Gasteiger partial charge in [-0.15, -0.1) is 0 Å². The van der Waals surface area contributed by atoms with Crippen molar-refractivity contribution in [3.8, 4) is 0 Å². The summed E-state index contributed by atoms with van der Waals surface area (Å²) in [6, 6.07) is 3.87. The van der Waals surface area contributed by atoms with E-state index < -0.39 is 0 Å². The fourth-order valence-corrected chi connectivity index (χ4v) is 1.93. The Kier molecular flexibility index (Phi) is 6.75. The molecule has 0 aliphatic carbocycles. The summed E-state index contributed by atoms with van der Waals surface area (Å²) in [5.74, 6) is 0.448. The maximum atomic E-state index is 11.1. The number of nitrogens with one attached hydrogen (secondary N) is 1. The molecule has 6 heteroatoms. The van der Waals surface area contributed by atoms with Crippen LogP contribution < -0.4 is 11.1 Å². The van der Waals surface area contributed by atoms with Crippen molar-refractivity contribution in [2.45, 2.75) is 39.8 Å². The predicted molar refractivity (Wildman–Crippen MR) is 82.8 cm³/mol. The highest BCUT2D eigenvalue weighted by atomic mass is 35.5. The van der Waals surface area contributed by atoms with Crippen molar-refractivity contribution in [2.24, 2.45) is 5.73 Å². The summed E-state index contributed by atoms with van der Waals surface area (Å²) in [5, 5.41) is 3.82. The van der Waals surface area contributed by atoms with Crippen LogP contribution in [-0.4, -0.2) is 34.9 Å². The molecule has 112 valence electrons. The third-order valence-electron chi connectivity index (χ3n) is 2.92. The van der Waals surface area contributed by atoms with Gasteiger partial charge in [0.25, 0.3) is 0 Å². The minimum Gasteiger partial charge on any atom is -0.370 e. The van der Waals surface area contributed by atoms with Crippen LogP contribution in [0.3, 0.4) is 0 Å². The number of primary amides is 1. The van der Waals surface area contributed by atoms with Crippen LogP contribution in [0.5, 0.6) is 0 Å². The average molecular weight is 299 g/mol. The van der Waals surface area contributed by atoms with E-state index >= 15 is 0 Å². The molecule has 1 aromatic heterocycles.